The lowest BCUT2D eigenvalue weighted by Crippen LogP contribution is -2.45. The van der Waals surface area contributed by atoms with E-state index in [0.29, 0.717) is 9.23 Å². The van der Waals surface area contributed by atoms with E-state index in [4.69, 9.17) is 12.2 Å². The Labute approximate surface area is 148 Å². The zero-order chi connectivity index (χ0) is 16.9. The Kier molecular flexibility index (Phi) is 5.02. The zero-order valence-electron chi connectivity index (χ0n) is 12.5. The maximum absolute atomic E-state index is 12.4. The van der Waals surface area contributed by atoms with E-state index in [-0.39, 0.29) is 18.2 Å². The molecule has 24 heavy (non-hydrogen) atoms. The SMILES string of the molecule is O=C(Cc1ccccc1)NN1C(=O)/C(=C/c2ccncc2)SC1=S. The topological polar surface area (TPSA) is 62.3 Å². The van der Waals surface area contributed by atoms with Crippen LogP contribution in [0.1, 0.15) is 11.1 Å². The molecule has 7 heteroatoms. The number of nitrogens with zero attached hydrogens (tertiary/aromatic N) is 2. The first-order valence-electron chi connectivity index (χ1n) is 7.15. The van der Waals surface area contributed by atoms with Gasteiger partial charge in [0.2, 0.25) is 5.91 Å². The number of nitrogens with one attached hydrogen (secondary N) is 1. The summed E-state index contributed by atoms with van der Waals surface area (Å²) in [5.74, 6) is -0.620. The van der Waals surface area contributed by atoms with Crippen LogP contribution in [-0.2, 0) is 16.0 Å². The number of carbonyl (C=O) groups excluding carboxylic acids is 2. The van der Waals surface area contributed by atoms with Crippen LogP contribution in [0.3, 0.4) is 0 Å². The molecular formula is C17H13N3O2S2. The third-order valence-electron chi connectivity index (χ3n) is 3.24. The first kappa shape index (κ1) is 16.4. The molecule has 0 atom stereocenters. The smallest absolute Gasteiger partial charge is 0.273 e. The number of hydrogen-bond donors (Lipinski definition) is 1. The van der Waals surface area contributed by atoms with Crippen molar-refractivity contribution in [3.05, 3.63) is 70.9 Å². The van der Waals surface area contributed by atoms with E-state index in [9.17, 15) is 9.59 Å². The number of thiocarbonyl (C=S) groups is 1. The Morgan fingerprint density at radius 3 is 2.62 bits per heavy atom. The van der Waals surface area contributed by atoms with Crippen molar-refractivity contribution in [2.24, 2.45) is 0 Å². The largest absolute Gasteiger partial charge is 0.285 e. The molecule has 1 aliphatic rings. The number of pyridine rings is 1. The summed E-state index contributed by atoms with van der Waals surface area (Å²) >= 11 is 6.35. The summed E-state index contributed by atoms with van der Waals surface area (Å²) in [5, 5.41) is 1.12. The van der Waals surface area contributed by atoms with E-state index in [2.05, 4.69) is 10.4 Å². The Morgan fingerprint density at radius 2 is 1.92 bits per heavy atom. The van der Waals surface area contributed by atoms with Crippen molar-refractivity contribution in [3.8, 4) is 0 Å². The molecule has 1 aromatic heterocycles. The van der Waals surface area contributed by atoms with Gasteiger partial charge in [-0.25, -0.2) is 0 Å². The van der Waals surface area contributed by atoms with Gasteiger partial charge in [-0.15, -0.1) is 0 Å². The fraction of sp³-hybridized carbons (Fsp3) is 0.0588. The van der Waals surface area contributed by atoms with Gasteiger partial charge in [-0.05, 0) is 41.6 Å². The lowest BCUT2D eigenvalue weighted by atomic mass is 10.1. The maximum Gasteiger partial charge on any atom is 0.285 e. The number of thioether (sulfide) groups is 1. The Bertz CT molecular complexity index is 807. The van der Waals surface area contributed by atoms with Gasteiger partial charge >= 0.3 is 0 Å². The average molecular weight is 355 g/mol. The van der Waals surface area contributed by atoms with E-state index in [1.165, 1.54) is 0 Å². The van der Waals surface area contributed by atoms with Gasteiger partial charge in [0.1, 0.15) is 0 Å². The van der Waals surface area contributed by atoms with Gasteiger partial charge in [-0.3, -0.25) is 20.0 Å². The van der Waals surface area contributed by atoms with Gasteiger partial charge < -0.3 is 0 Å². The Hall–Kier alpha value is -2.51. The molecule has 0 radical (unpaired) electrons. The number of amides is 2. The van der Waals surface area contributed by atoms with E-state index >= 15 is 0 Å². The van der Waals surface area contributed by atoms with Crippen LogP contribution in [-0.4, -0.2) is 26.1 Å². The first-order valence-corrected chi connectivity index (χ1v) is 8.37. The highest BCUT2D eigenvalue weighted by Crippen LogP contribution is 2.31. The average Bonchev–Trinajstić information content (AvgIpc) is 2.84. The number of rotatable bonds is 4. The van der Waals surface area contributed by atoms with Gasteiger partial charge in [-0.1, -0.05) is 42.1 Å². The van der Waals surface area contributed by atoms with Crippen molar-refractivity contribution >= 4 is 46.2 Å². The van der Waals surface area contributed by atoms with E-state index < -0.39 is 0 Å². The fourth-order valence-electron chi connectivity index (χ4n) is 2.12. The minimum absolute atomic E-state index is 0.182. The number of benzene rings is 1. The van der Waals surface area contributed by atoms with Crippen LogP contribution >= 0.6 is 24.0 Å². The quantitative estimate of drug-likeness (QED) is 0.675. The van der Waals surface area contributed by atoms with Gasteiger partial charge in [-0.2, -0.15) is 5.01 Å². The molecule has 5 nitrogen and oxygen atoms in total. The molecule has 3 rings (SSSR count). The number of hydrazine groups is 1. The minimum atomic E-state index is -0.330. The summed E-state index contributed by atoms with van der Waals surface area (Å²) in [6, 6.07) is 12.9. The number of aromatic nitrogens is 1. The monoisotopic (exact) mass is 355 g/mol. The van der Waals surface area contributed by atoms with Crippen molar-refractivity contribution < 1.29 is 9.59 Å². The molecule has 0 aliphatic carbocycles. The third kappa shape index (κ3) is 3.87. The summed E-state index contributed by atoms with van der Waals surface area (Å²) in [7, 11) is 0. The second-order valence-corrected chi connectivity index (χ2v) is 6.67. The predicted octanol–water partition coefficient (Wildman–Crippen LogP) is 2.56. The molecule has 0 spiro atoms. The van der Waals surface area contributed by atoms with Crippen LogP contribution in [0.15, 0.2) is 59.8 Å². The van der Waals surface area contributed by atoms with Crippen molar-refractivity contribution in [2.75, 3.05) is 0 Å². The highest BCUT2D eigenvalue weighted by Gasteiger charge is 2.33. The van der Waals surface area contributed by atoms with Crippen LogP contribution in [0.4, 0.5) is 0 Å². The molecule has 1 aliphatic heterocycles. The van der Waals surface area contributed by atoms with E-state index in [0.717, 1.165) is 27.9 Å². The summed E-state index contributed by atoms with van der Waals surface area (Å²) in [4.78, 5) is 28.9. The molecule has 0 saturated carbocycles. The predicted molar refractivity (Wildman–Crippen MR) is 97.5 cm³/mol. The van der Waals surface area contributed by atoms with Crippen molar-refractivity contribution in [1.29, 1.82) is 0 Å². The summed E-state index contributed by atoms with van der Waals surface area (Å²) in [6.45, 7) is 0. The normalized spacial score (nSPS) is 15.8. The summed E-state index contributed by atoms with van der Waals surface area (Å²) in [5.41, 5.74) is 4.29. The molecule has 1 saturated heterocycles. The first-order chi connectivity index (χ1) is 11.6. The van der Waals surface area contributed by atoms with Gasteiger partial charge in [0.25, 0.3) is 5.91 Å². The summed E-state index contributed by atoms with van der Waals surface area (Å²) in [6.07, 6.45) is 5.20. The molecule has 0 unspecified atom stereocenters. The zero-order valence-corrected chi connectivity index (χ0v) is 14.1. The minimum Gasteiger partial charge on any atom is -0.273 e. The summed E-state index contributed by atoms with van der Waals surface area (Å²) < 4.78 is 0.307. The lowest BCUT2D eigenvalue weighted by molar-refractivity contribution is -0.132. The highest BCUT2D eigenvalue weighted by atomic mass is 32.2. The van der Waals surface area contributed by atoms with Crippen LogP contribution in [0.25, 0.3) is 6.08 Å². The van der Waals surface area contributed by atoms with Gasteiger partial charge in [0.05, 0.1) is 11.3 Å². The van der Waals surface area contributed by atoms with Crippen LogP contribution < -0.4 is 5.43 Å². The van der Waals surface area contributed by atoms with Gasteiger partial charge in [0, 0.05) is 12.4 Å². The second kappa shape index (κ2) is 7.37. The molecule has 2 amide bonds. The maximum atomic E-state index is 12.4. The Morgan fingerprint density at radius 1 is 1.21 bits per heavy atom. The Balaban J connectivity index is 1.68. The van der Waals surface area contributed by atoms with E-state index in [1.807, 2.05) is 30.3 Å². The highest BCUT2D eigenvalue weighted by molar-refractivity contribution is 8.26. The molecular weight excluding hydrogens is 342 g/mol. The van der Waals surface area contributed by atoms with Crippen molar-refractivity contribution in [1.82, 2.24) is 15.4 Å². The van der Waals surface area contributed by atoms with Crippen molar-refractivity contribution in [2.45, 2.75) is 6.42 Å². The number of carbonyl (C=O) groups is 2. The van der Waals surface area contributed by atoms with Crippen LogP contribution in [0, 0.1) is 0 Å². The fourth-order valence-corrected chi connectivity index (χ4v) is 3.30. The molecule has 120 valence electrons. The second-order valence-electron chi connectivity index (χ2n) is 5.00. The third-order valence-corrected chi connectivity index (χ3v) is 4.54. The molecule has 2 heterocycles. The van der Waals surface area contributed by atoms with Crippen LogP contribution in [0.2, 0.25) is 0 Å². The van der Waals surface area contributed by atoms with Gasteiger partial charge in [0.15, 0.2) is 4.32 Å². The molecule has 1 aromatic carbocycles. The molecule has 1 N–H and O–H groups in total. The van der Waals surface area contributed by atoms with Crippen LogP contribution in [0.5, 0.6) is 0 Å². The molecule has 2 aromatic rings. The number of hydrogen-bond acceptors (Lipinski definition) is 5. The van der Waals surface area contributed by atoms with Crippen molar-refractivity contribution in [3.63, 3.8) is 0 Å². The lowest BCUT2D eigenvalue weighted by Gasteiger charge is -2.15. The van der Waals surface area contributed by atoms with E-state index in [1.54, 1.807) is 30.6 Å². The standard InChI is InChI=1S/C17H13N3O2S2/c21-15(11-12-4-2-1-3-5-12)19-20-16(22)14(24-17(20)23)10-13-6-8-18-9-7-13/h1-10H,11H2,(H,19,21)/b14-10-. The molecule has 1 fully saturated rings. The molecule has 0 bridgehead atoms.